The number of pyridine rings is 1. The normalized spacial score (nSPS) is 19.1. The third-order valence-electron chi connectivity index (χ3n) is 7.70. The fourth-order valence-corrected chi connectivity index (χ4v) is 5.70. The number of urea groups is 1. The largest absolute Gasteiger partial charge is 0.508 e. The van der Waals surface area contributed by atoms with Gasteiger partial charge in [0.2, 0.25) is 11.8 Å². The Hall–Kier alpha value is -4.64. The lowest BCUT2D eigenvalue weighted by Crippen LogP contribution is -2.76. The highest BCUT2D eigenvalue weighted by Crippen LogP contribution is 2.30. The van der Waals surface area contributed by atoms with Crippen LogP contribution in [0.5, 0.6) is 5.75 Å². The van der Waals surface area contributed by atoms with Gasteiger partial charge in [-0.05, 0) is 35.7 Å². The minimum atomic E-state index is -0.825. The number of benzene rings is 2. The minimum Gasteiger partial charge on any atom is -0.508 e. The lowest BCUT2D eigenvalue weighted by Gasteiger charge is -2.54. The van der Waals surface area contributed by atoms with Crippen molar-refractivity contribution in [3.63, 3.8) is 0 Å². The van der Waals surface area contributed by atoms with E-state index >= 15 is 0 Å². The third kappa shape index (κ3) is 6.15. The van der Waals surface area contributed by atoms with Crippen LogP contribution < -0.4 is 10.2 Å². The van der Waals surface area contributed by atoms with Crippen LogP contribution in [0.1, 0.15) is 16.7 Å². The number of hydrogen-bond donors (Lipinski definition) is 2. The summed E-state index contributed by atoms with van der Waals surface area (Å²) in [7, 11) is 5.51. The van der Waals surface area contributed by atoms with Gasteiger partial charge in [-0.15, -0.1) is 0 Å². The number of carbonyl (C=O) groups excluding carboxylic acids is 3. The molecule has 1 aromatic heterocycles. The molecule has 42 heavy (non-hydrogen) atoms. The predicted octanol–water partition coefficient (Wildman–Crippen LogP) is 2.08. The molecule has 2 fully saturated rings. The molecule has 5 rings (SSSR count). The molecule has 2 N–H and O–H groups in total. The SMILES string of the molecule is CN(C)c1ncccc1CN1CC2N(C(=O)CN(C)N2C(=O)NCCc2ccccc2)[C@@H](Cc2ccc(O)cc2)C1=O. The Balaban J connectivity index is 1.44. The number of amides is 4. The van der Waals surface area contributed by atoms with Crippen LogP contribution in [-0.4, -0.2) is 101 Å². The van der Waals surface area contributed by atoms with Crippen LogP contribution in [0.2, 0.25) is 0 Å². The maximum absolute atomic E-state index is 14.1. The number of likely N-dealkylation sites (N-methyl/N-ethyl adjacent to an activating group) is 1. The molecule has 220 valence electrons. The van der Waals surface area contributed by atoms with E-state index < -0.39 is 12.2 Å². The Kier molecular flexibility index (Phi) is 8.58. The van der Waals surface area contributed by atoms with Gasteiger partial charge in [-0.2, -0.15) is 0 Å². The number of phenols is 1. The molecule has 2 aliphatic heterocycles. The summed E-state index contributed by atoms with van der Waals surface area (Å²) in [5, 5.41) is 16.0. The van der Waals surface area contributed by atoms with Crippen LogP contribution in [0.3, 0.4) is 0 Å². The average molecular weight is 572 g/mol. The molecule has 2 aromatic carbocycles. The number of rotatable bonds is 8. The molecule has 0 radical (unpaired) electrons. The Morgan fingerprint density at radius 1 is 1.02 bits per heavy atom. The lowest BCUT2D eigenvalue weighted by molar-refractivity contribution is -0.187. The van der Waals surface area contributed by atoms with Gasteiger partial charge >= 0.3 is 6.03 Å². The fourth-order valence-electron chi connectivity index (χ4n) is 5.70. The molecule has 2 saturated heterocycles. The van der Waals surface area contributed by atoms with Crippen LogP contribution in [0.4, 0.5) is 10.6 Å². The molecule has 3 heterocycles. The second kappa shape index (κ2) is 12.5. The number of fused-ring (bicyclic) bond motifs is 1. The van der Waals surface area contributed by atoms with Crippen LogP contribution >= 0.6 is 0 Å². The molecular formula is C31H37N7O4. The molecule has 4 amide bonds. The average Bonchev–Trinajstić information content (AvgIpc) is 2.97. The minimum absolute atomic E-state index is 0.0324. The van der Waals surface area contributed by atoms with Gasteiger partial charge in [-0.25, -0.2) is 19.8 Å². The van der Waals surface area contributed by atoms with E-state index in [0.717, 1.165) is 22.5 Å². The Morgan fingerprint density at radius 2 is 1.76 bits per heavy atom. The van der Waals surface area contributed by atoms with Crippen molar-refractivity contribution in [3.8, 4) is 5.75 Å². The summed E-state index contributed by atoms with van der Waals surface area (Å²) in [6.07, 6.45) is 1.92. The van der Waals surface area contributed by atoms with Crippen LogP contribution in [0.15, 0.2) is 72.9 Å². The molecule has 2 aliphatic rings. The topological polar surface area (TPSA) is 113 Å². The zero-order valence-corrected chi connectivity index (χ0v) is 24.2. The molecule has 11 heteroatoms. The van der Waals surface area contributed by atoms with Crippen molar-refractivity contribution in [2.75, 3.05) is 45.7 Å². The fraction of sp³-hybridized carbons (Fsp3) is 0.355. The molecule has 11 nitrogen and oxygen atoms in total. The van der Waals surface area contributed by atoms with Gasteiger partial charge in [0.25, 0.3) is 0 Å². The summed E-state index contributed by atoms with van der Waals surface area (Å²) in [5.74, 6) is 0.448. The second-order valence-corrected chi connectivity index (χ2v) is 10.9. The van der Waals surface area contributed by atoms with E-state index in [9.17, 15) is 19.5 Å². The number of hydrazine groups is 1. The van der Waals surface area contributed by atoms with E-state index in [1.807, 2.05) is 61.5 Å². The first-order valence-corrected chi connectivity index (χ1v) is 14.0. The van der Waals surface area contributed by atoms with E-state index in [4.69, 9.17) is 0 Å². The van der Waals surface area contributed by atoms with E-state index in [1.165, 1.54) is 0 Å². The number of carbonyl (C=O) groups is 3. The molecular weight excluding hydrogens is 534 g/mol. The van der Waals surface area contributed by atoms with Gasteiger partial charge in [0.1, 0.15) is 23.8 Å². The van der Waals surface area contributed by atoms with Gasteiger partial charge < -0.3 is 25.1 Å². The van der Waals surface area contributed by atoms with Crippen molar-refractivity contribution >= 4 is 23.7 Å². The monoisotopic (exact) mass is 571 g/mol. The number of piperazine rings is 1. The molecule has 2 atom stereocenters. The van der Waals surface area contributed by atoms with Gasteiger partial charge in [-0.1, -0.05) is 48.5 Å². The highest BCUT2D eigenvalue weighted by atomic mass is 16.3. The highest BCUT2D eigenvalue weighted by Gasteiger charge is 2.50. The molecule has 1 unspecified atom stereocenters. The van der Waals surface area contributed by atoms with Crippen molar-refractivity contribution in [1.82, 2.24) is 30.1 Å². The zero-order chi connectivity index (χ0) is 29.8. The number of phenolic OH excluding ortho intramolecular Hbond substituents is 1. The van der Waals surface area contributed by atoms with Crippen molar-refractivity contribution in [2.45, 2.75) is 31.6 Å². The summed E-state index contributed by atoms with van der Waals surface area (Å²) in [5.41, 5.74) is 2.77. The number of nitrogens with one attached hydrogen (secondary N) is 1. The van der Waals surface area contributed by atoms with Crippen LogP contribution in [0.25, 0.3) is 0 Å². The summed E-state index contributed by atoms with van der Waals surface area (Å²) in [6, 6.07) is 19.1. The van der Waals surface area contributed by atoms with Gasteiger partial charge in [0.05, 0.1) is 13.1 Å². The maximum Gasteiger partial charge on any atom is 0.333 e. The first kappa shape index (κ1) is 28.9. The molecule has 3 aromatic rings. The Labute approximate surface area is 245 Å². The number of nitrogens with zero attached hydrogens (tertiary/aromatic N) is 6. The molecule has 0 bridgehead atoms. The molecule has 0 spiro atoms. The highest BCUT2D eigenvalue weighted by molar-refractivity contribution is 5.91. The smallest absolute Gasteiger partial charge is 0.333 e. The number of aromatic nitrogens is 1. The Morgan fingerprint density at radius 3 is 2.48 bits per heavy atom. The molecule has 0 aliphatic carbocycles. The first-order chi connectivity index (χ1) is 20.2. The number of anilines is 1. The van der Waals surface area contributed by atoms with E-state index in [-0.39, 0.29) is 49.7 Å². The maximum atomic E-state index is 14.1. The molecule has 0 saturated carbocycles. The second-order valence-electron chi connectivity index (χ2n) is 10.9. The summed E-state index contributed by atoms with van der Waals surface area (Å²) >= 11 is 0. The van der Waals surface area contributed by atoms with Crippen molar-refractivity contribution < 1.29 is 19.5 Å². The summed E-state index contributed by atoms with van der Waals surface area (Å²) in [4.78, 5) is 50.9. The van der Waals surface area contributed by atoms with Gasteiger partial charge in [0, 0.05) is 52.4 Å². The summed E-state index contributed by atoms with van der Waals surface area (Å²) in [6.45, 7) is 0.817. The van der Waals surface area contributed by atoms with Gasteiger partial charge in [-0.3, -0.25) is 9.59 Å². The predicted molar refractivity (Wildman–Crippen MR) is 158 cm³/mol. The lowest BCUT2D eigenvalue weighted by atomic mass is 9.98. The van der Waals surface area contributed by atoms with Crippen molar-refractivity contribution in [3.05, 3.63) is 89.6 Å². The van der Waals surface area contributed by atoms with Crippen LogP contribution in [-0.2, 0) is 29.0 Å². The standard InChI is InChI=1S/C31H37N7O4/c1-34(2)29-24(10-7-16-32-29)19-36-20-27-37(26(30(36)41)18-23-11-13-25(39)14-12-23)28(40)21-35(3)38(27)31(42)33-17-15-22-8-5-4-6-9-22/h4-14,16,26-27,39H,15,17-21H2,1-3H3,(H,33,42)/t26-,27?/m0/s1. The van der Waals surface area contributed by atoms with Gasteiger partial charge in [0.15, 0.2) is 0 Å². The van der Waals surface area contributed by atoms with E-state index in [1.54, 1.807) is 57.3 Å². The number of aromatic hydroxyl groups is 1. The first-order valence-electron chi connectivity index (χ1n) is 14.0. The van der Waals surface area contributed by atoms with E-state index in [2.05, 4.69) is 10.3 Å². The third-order valence-corrected chi connectivity index (χ3v) is 7.70. The number of hydrogen-bond acceptors (Lipinski definition) is 7. The summed E-state index contributed by atoms with van der Waals surface area (Å²) < 4.78 is 0. The zero-order valence-electron chi connectivity index (χ0n) is 24.2. The quantitative estimate of drug-likeness (QED) is 0.426. The van der Waals surface area contributed by atoms with Crippen LogP contribution in [0, 0.1) is 0 Å². The van der Waals surface area contributed by atoms with Crippen molar-refractivity contribution in [2.24, 2.45) is 0 Å². The Bertz CT molecular complexity index is 1420. The van der Waals surface area contributed by atoms with Crippen molar-refractivity contribution in [1.29, 1.82) is 0 Å². The van der Waals surface area contributed by atoms with E-state index in [0.29, 0.717) is 13.0 Å².